The first-order valence-corrected chi connectivity index (χ1v) is 6.96. The summed E-state index contributed by atoms with van der Waals surface area (Å²) in [6, 6.07) is 4.89. The molecule has 1 aliphatic rings. The van der Waals surface area contributed by atoms with E-state index in [0.717, 1.165) is 5.56 Å². The highest BCUT2D eigenvalue weighted by Crippen LogP contribution is 2.37. The van der Waals surface area contributed by atoms with Crippen molar-refractivity contribution in [3.63, 3.8) is 0 Å². The fraction of sp³-hybridized carbons (Fsp3) is 0.214. The number of aromatic nitrogens is 2. The van der Waals surface area contributed by atoms with E-state index >= 15 is 0 Å². The van der Waals surface area contributed by atoms with Crippen molar-refractivity contribution in [3.8, 4) is 11.5 Å². The molecule has 1 aromatic heterocycles. The van der Waals surface area contributed by atoms with E-state index in [-0.39, 0.29) is 11.5 Å². The normalized spacial score (nSPS) is 13.4. The van der Waals surface area contributed by atoms with Gasteiger partial charge in [0.2, 0.25) is 5.95 Å². The number of hydrazone groups is 1. The number of nitrogens with zero attached hydrogens (tertiary/aromatic N) is 2. The molecule has 0 saturated carbocycles. The highest BCUT2D eigenvalue weighted by atomic mass is 35.5. The number of hydrogen-bond donors (Lipinski definition) is 2. The van der Waals surface area contributed by atoms with Crippen molar-refractivity contribution >= 4 is 23.8 Å². The Hall–Kier alpha value is -2.54. The molecule has 2 N–H and O–H groups in total. The van der Waals surface area contributed by atoms with E-state index < -0.39 is 0 Å². The second-order valence-electron chi connectivity index (χ2n) is 4.63. The van der Waals surface area contributed by atoms with Crippen molar-refractivity contribution in [2.75, 3.05) is 18.6 Å². The largest absolute Gasteiger partial charge is 0.486 e. The van der Waals surface area contributed by atoms with Gasteiger partial charge in [0.25, 0.3) is 5.56 Å². The molecule has 2 heterocycles. The number of aryl methyl sites for hydroxylation is 1. The quantitative estimate of drug-likeness (QED) is 0.666. The predicted molar refractivity (Wildman–Crippen MR) is 83.3 cm³/mol. The molecule has 0 fully saturated rings. The van der Waals surface area contributed by atoms with E-state index in [1.165, 1.54) is 6.07 Å². The Kier molecular flexibility index (Phi) is 3.97. The molecule has 114 valence electrons. The molecular formula is C14H13ClN4O3. The third-order valence-electron chi connectivity index (χ3n) is 2.87. The Balaban J connectivity index is 1.78. The van der Waals surface area contributed by atoms with Crippen LogP contribution in [0.15, 0.2) is 28.1 Å². The number of benzene rings is 1. The minimum atomic E-state index is -0.243. The fourth-order valence-corrected chi connectivity index (χ4v) is 2.28. The number of H-pyrrole nitrogens is 1. The number of aromatic amines is 1. The highest BCUT2D eigenvalue weighted by molar-refractivity contribution is 6.32. The Labute approximate surface area is 130 Å². The molecular weight excluding hydrogens is 308 g/mol. The van der Waals surface area contributed by atoms with Gasteiger partial charge >= 0.3 is 0 Å². The lowest BCUT2D eigenvalue weighted by Crippen LogP contribution is -2.15. The van der Waals surface area contributed by atoms with Crippen LogP contribution in [0.5, 0.6) is 11.5 Å². The minimum Gasteiger partial charge on any atom is -0.486 e. The number of halogens is 1. The lowest BCUT2D eigenvalue weighted by atomic mass is 10.2. The van der Waals surface area contributed by atoms with Crippen LogP contribution in [-0.2, 0) is 0 Å². The SMILES string of the molecule is Cc1cc(=O)[nH]c(N/N=C\c2cc(Cl)c3c(c2)OCCO3)n1. The summed E-state index contributed by atoms with van der Waals surface area (Å²) >= 11 is 6.14. The first kappa shape index (κ1) is 14.4. The summed E-state index contributed by atoms with van der Waals surface area (Å²) in [5, 5.41) is 4.48. The Morgan fingerprint density at radius 2 is 2.18 bits per heavy atom. The lowest BCUT2D eigenvalue weighted by Gasteiger charge is -2.19. The summed E-state index contributed by atoms with van der Waals surface area (Å²) in [5.74, 6) is 1.40. The van der Waals surface area contributed by atoms with Crippen LogP contribution >= 0.6 is 11.6 Å². The third-order valence-corrected chi connectivity index (χ3v) is 3.15. The molecule has 2 aromatic rings. The zero-order valence-electron chi connectivity index (χ0n) is 11.7. The van der Waals surface area contributed by atoms with Crippen molar-refractivity contribution in [3.05, 3.63) is 44.8 Å². The van der Waals surface area contributed by atoms with Gasteiger partial charge in [-0.15, -0.1) is 0 Å². The zero-order valence-corrected chi connectivity index (χ0v) is 12.5. The molecule has 8 heteroatoms. The van der Waals surface area contributed by atoms with Crippen LogP contribution in [0.2, 0.25) is 5.02 Å². The summed E-state index contributed by atoms with van der Waals surface area (Å²) in [5.41, 5.74) is 3.75. The fourth-order valence-electron chi connectivity index (χ4n) is 2.01. The third kappa shape index (κ3) is 3.20. The van der Waals surface area contributed by atoms with Crippen LogP contribution in [0.3, 0.4) is 0 Å². The molecule has 0 amide bonds. The van der Waals surface area contributed by atoms with Crippen LogP contribution in [0.1, 0.15) is 11.3 Å². The van der Waals surface area contributed by atoms with E-state index in [9.17, 15) is 4.79 Å². The van der Waals surface area contributed by atoms with Gasteiger partial charge in [0, 0.05) is 11.8 Å². The smallest absolute Gasteiger partial charge is 0.252 e. The van der Waals surface area contributed by atoms with Gasteiger partial charge in [-0.25, -0.2) is 10.4 Å². The minimum absolute atomic E-state index is 0.243. The van der Waals surface area contributed by atoms with Crippen LogP contribution < -0.4 is 20.5 Å². The molecule has 0 unspecified atom stereocenters. The molecule has 7 nitrogen and oxygen atoms in total. The molecule has 0 saturated heterocycles. The number of nitrogens with one attached hydrogen (secondary N) is 2. The van der Waals surface area contributed by atoms with Crippen molar-refractivity contribution in [2.45, 2.75) is 6.92 Å². The monoisotopic (exact) mass is 320 g/mol. The summed E-state index contributed by atoms with van der Waals surface area (Å²) in [7, 11) is 0. The molecule has 0 spiro atoms. The summed E-state index contributed by atoms with van der Waals surface area (Å²) in [4.78, 5) is 17.9. The number of fused-ring (bicyclic) bond motifs is 1. The van der Waals surface area contributed by atoms with Crippen molar-refractivity contribution in [2.24, 2.45) is 5.10 Å². The average molecular weight is 321 g/mol. The van der Waals surface area contributed by atoms with Gasteiger partial charge in [0.05, 0.1) is 11.2 Å². The van der Waals surface area contributed by atoms with Gasteiger partial charge in [-0.05, 0) is 24.6 Å². The molecule has 1 aliphatic heterocycles. The van der Waals surface area contributed by atoms with Crippen LogP contribution in [-0.4, -0.2) is 29.4 Å². The van der Waals surface area contributed by atoms with E-state index in [1.54, 1.807) is 25.3 Å². The Morgan fingerprint density at radius 3 is 3.00 bits per heavy atom. The molecule has 0 radical (unpaired) electrons. The van der Waals surface area contributed by atoms with Gasteiger partial charge in [-0.1, -0.05) is 11.6 Å². The topological polar surface area (TPSA) is 88.6 Å². The van der Waals surface area contributed by atoms with Gasteiger partial charge in [0.15, 0.2) is 11.5 Å². The maximum atomic E-state index is 11.3. The van der Waals surface area contributed by atoms with Crippen molar-refractivity contribution in [1.29, 1.82) is 0 Å². The number of hydrogen-bond acceptors (Lipinski definition) is 6. The molecule has 1 aromatic carbocycles. The second kappa shape index (κ2) is 6.07. The second-order valence-corrected chi connectivity index (χ2v) is 5.04. The highest BCUT2D eigenvalue weighted by Gasteiger charge is 2.15. The van der Waals surface area contributed by atoms with E-state index in [1.807, 2.05) is 0 Å². The predicted octanol–water partition coefficient (Wildman–Crippen LogP) is 1.95. The first-order valence-electron chi connectivity index (χ1n) is 6.58. The summed E-state index contributed by atoms with van der Waals surface area (Å²) in [6.45, 7) is 2.69. The molecule has 0 aliphatic carbocycles. The van der Waals surface area contributed by atoms with Crippen molar-refractivity contribution in [1.82, 2.24) is 9.97 Å². The van der Waals surface area contributed by atoms with Crippen LogP contribution in [0, 0.1) is 6.92 Å². The van der Waals surface area contributed by atoms with Crippen LogP contribution in [0.25, 0.3) is 0 Å². The summed E-state index contributed by atoms with van der Waals surface area (Å²) in [6.07, 6.45) is 1.55. The maximum Gasteiger partial charge on any atom is 0.252 e. The summed E-state index contributed by atoms with van der Waals surface area (Å²) < 4.78 is 10.9. The molecule has 0 bridgehead atoms. The average Bonchev–Trinajstić information content (AvgIpc) is 2.46. The van der Waals surface area contributed by atoms with Gasteiger partial charge in [0.1, 0.15) is 13.2 Å². The Morgan fingerprint density at radius 1 is 1.36 bits per heavy atom. The van der Waals surface area contributed by atoms with Crippen molar-refractivity contribution < 1.29 is 9.47 Å². The Bertz CT molecular complexity index is 788. The van der Waals surface area contributed by atoms with E-state index in [4.69, 9.17) is 21.1 Å². The van der Waals surface area contributed by atoms with Gasteiger partial charge in [-0.3, -0.25) is 9.78 Å². The molecule has 22 heavy (non-hydrogen) atoms. The van der Waals surface area contributed by atoms with Crippen LogP contribution in [0.4, 0.5) is 5.95 Å². The molecule has 0 atom stereocenters. The van der Waals surface area contributed by atoms with E-state index in [0.29, 0.717) is 35.4 Å². The molecule has 3 rings (SSSR count). The maximum absolute atomic E-state index is 11.3. The number of anilines is 1. The zero-order chi connectivity index (χ0) is 15.5. The van der Waals surface area contributed by atoms with Gasteiger partial charge in [-0.2, -0.15) is 5.10 Å². The standard InChI is InChI=1S/C14H13ClN4O3/c1-8-4-12(20)18-14(17-8)19-16-7-9-5-10(15)13-11(6-9)21-2-3-22-13/h4-7H,2-3H2,1H3,(H2,17,18,19,20)/b16-7-. The van der Waals surface area contributed by atoms with Gasteiger partial charge < -0.3 is 9.47 Å². The first-order chi connectivity index (χ1) is 10.6. The lowest BCUT2D eigenvalue weighted by molar-refractivity contribution is 0.171. The number of rotatable bonds is 3. The number of ether oxygens (including phenoxy) is 2. The van der Waals surface area contributed by atoms with E-state index in [2.05, 4.69) is 20.5 Å².